The molecule has 1 saturated heterocycles. The average Bonchev–Trinajstić information content (AvgIpc) is 3.27. The van der Waals surface area contributed by atoms with Gasteiger partial charge in [0, 0.05) is 55.0 Å². The minimum Gasteiger partial charge on any atom is -0.369 e. The van der Waals surface area contributed by atoms with Crippen molar-refractivity contribution in [3.05, 3.63) is 107 Å². The Morgan fingerprint density at radius 1 is 0.892 bits per heavy atom. The van der Waals surface area contributed by atoms with Crippen molar-refractivity contribution in [1.82, 2.24) is 9.47 Å². The average molecular weight is 502 g/mol. The molecule has 2 amide bonds. The van der Waals surface area contributed by atoms with Gasteiger partial charge in [0.05, 0.1) is 0 Å². The standard InChI is InChI=1S/C30H29F2N3O2/c31-23-9-5-20(6-10-23)18-35-19-27(25-3-1-2-4-28(25)35)26(21-7-11-24(32)12-8-21)17-29(36)34-15-13-22(14-16-34)30(33)37/h1-12,19,22,26H,13-18H2,(H2,33,37). The third-order valence-corrected chi connectivity index (χ3v) is 7.36. The molecule has 1 aromatic heterocycles. The van der Waals surface area contributed by atoms with E-state index in [-0.39, 0.29) is 41.7 Å². The molecule has 1 unspecified atom stereocenters. The predicted molar refractivity (Wildman–Crippen MR) is 139 cm³/mol. The molecule has 1 fully saturated rings. The summed E-state index contributed by atoms with van der Waals surface area (Å²) < 4.78 is 29.3. The monoisotopic (exact) mass is 501 g/mol. The normalized spacial score (nSPS) is 15.1. The fourth-order valence-corrected chi connectivity index (χ4v) is 5.29. The molecule has 1 aliphatic heterocycles. The number of para-hydroxylation sites is 1. The number of halogens is 2. The van der Waals surface area contributed by atoms with Gasteiger partial charge in [-0.3, -0.25) is 9.59 Å². The molecule has 37 heavy (non-hydrogen) atoms. The van der Waals surface area contributed by atoms with Crippen LogP contribution in [0, 0.1) is 17.6 Å². The number of piperidine rings is 1. The molecule has 0 aliphatic carbocycles. The molecular formula is C30H29F2N3O2. The molecule has 0 bridgehead atoms. The second kappa shape index (κ2) is 10.5. The van der Waals surface area contributed by atoms with E-state index in [1.54, 1.807) is 29.2 Å². The summed E-state index contributed by atoms with van der Waals surface area (Å²) in [5.74, 6) is -1.42. The van der Waals surface area contributed by atoms with Crippen LogP contribution in [-0.4, -0.2) is 34.4 Å². The van der Waals surface area contributed by atoms with E-state index in [0.29, 0.717) is 32.5 Å². The SMILES string of the molecule is NC(=O)C1CCN(C(=O)CC(c2ccc(F)cc2)c2cn(Cc3ccc(F)cc3)c3ccccc23)CC1. The van der Waals surface area contributed by atoms with E-state index in [9.17, 15) is 18.4 Å². The maximum Gasteiger partial charge on any atom is 0.223 e. The van der Waals surface area contributed by atoms with Crippen LogP contribution in [0.2, 0.25) is 0 Å². The summed E-state index contributed by atoms with van der Waals surface area (Å²) in [6, 6.07) is 20.7. The van der Waals surface area contributed by atoms with Gasteiger partial charge in [0.15, 0.2) is 0 Å². The highest BCUT2D eigenvalue weighted by atomic mass is 19.1. The lowest BCUT2D eigenvalue weighted by atomic mass is 9.87. The Labute approximate surface area is 214 Å². The lowest BCUT2D eigenvalue weighted by Gasteiger charge is -2.31. The molecule has 0 radical (unpaired) electrons. The third-order valence-electron chi connectivity index (χ3n) is 7.36. The first kappa shape index (κ1) is 24.7. The van der Waals surface area contributed by atoms with Gasteiger partial charge in [0.2, 0.25) is 11.8 Å². The maximum absolute atomic E-state index is 13.8. The number of likely N-dealkylation sites (tertiary alicyclic amines) is 1. The fourth-order valence-electron chi connectivity index (χ4n) is 5.29. The van der Waals surface area contributed by atoms with Crippen LogP contribution in [0.5, 0.6) is 0 Å². The predicted octanol–water partition coefficient (Wildman–Crippen LogP) is 5.21. The third kappa shape index (κ3) is 5.40. The lowest BCUT2D eigenvalue weighted by Crippen LogP contribution is -2.42. The van der Waals surface area contributed by atoms with Crippen molar-refractivity contribution in [2.75, 3.05) is 13.1 Å². The highest BCUT2D eigenvalue weighted by Crippen LogP contribution is 2.36. The molecule has 1 atom stereocenters. The number of nitrogens with zero attached hydrogens (tertiary/aromatic N) is 2. The number of carbonyl (C=O) groups is 2. The van der Waals surface area contributed by atoms with E-state index >= 15 is 0 Å². The first-order valence-electron chi connectivity index (χ1n) is 12.5. The van der Waals surface area contributed by atoms with Crippen molar-refractivity contribution in [2.45, 2.75) is 31.7 Å². The Kier molecular flexibility index (Phi) is 7.04. The van der Waals surface area contributed by atoms with Crippen molar-refractivity contribution < 1.29 is 18.4 Å². The van der Waals surface area contributed by atoms with Crippen LogP contribution in [0.15, 0.2) is 79.0 Å². The molecule has 3 aromatic carbocycles. The van der Waals surface area contributed by atoms with Gasteiger partial charge < -0.3 is 15.2 Å². The number of aromatic nitrogens is 1. The minimum absolute atomic E-state index is 0.00684. The van der Waals surface area contributed by atoms with Gasteiger partial charge in [-0.2, -0.15) is 0 Å². The number of amides is 2. The molecule has 7 heteroatoms. The van der Waals surface area contributed by atoms with Gasteiger partial charge in [-0.05, 0) is 59.9 Å². The molecule has 0 saturated carbocycles. The van der Waals surface area contributed by atoms with Crippen molar-refractivity contribution >= 4 is 22.7 Å². The zero-order chi connectivity index (χ0) is 25.9. The first-order chi connectivity index (χ1) is 17.9. The molecule has 5 nitrogen and oxygen atoms in total. The zero-order valence-corrected chi connectivity index (χ0v) is 20.4. The largest absolute Gasteiger partial charge is 0.369 e. The molecule has 2 N–H and O–H groups in total. The Balaban J connectivity index is 1.49. The van der Waals surface area contributed by atoms with Crippen molar-refractivity contribution in [2.24, 2.45) is 11.7 Å². The van der Waals surface area contributed by atoms with Gasteiger partial charge in [0.1, 0.15) is 11.6 Å². The first-order valence-corrected chi connectivity index (χ1v) is 12.5. The Hall–Kier alpha value is -4.00. The van der Waals surface area contributed by atoms with Crippen LogP contribution >= 0.6 is 0 Å². The number of rotatable bonds is 7. The fraction of sp³-hybridized carbons (Fsp3) is 0.267. The van der Waals surface area contributed by atoms with E-state index < -0.39 is 0 Å². The molecule has 190 valence electrons. The molecule has 2 heterocycles. The quantitative estimate of drug-likeness (QED) is 0.378. The lowest BCUT2D eigenvalue weighted by molar-refractivity contribution is -0.135. The van der Waals surface area contributed by atoms with Crippen molar-refractivity contribution in [3.8, 4) is 0 Å². The number of fused-ring (bicyclic) bond motifs is 1. The summed E-state index contributed by atoms with van der Waals surface area (Å²) in [5, 5.41) is 1.01. The van der Waals surface area contributed by atoms with Crippen LogP contribution in [-0.2, 0) is 16.1 Å². The number of primary amides is 1. The van der Waals surface area contributed by atoms with Gasteiger partial charge in [-0.25, -0.2) is 8.78 Å². The van der Waals surface area contributed by atoms with E-state index in [4.69, 9.17) is 5.73 Å². The number of hydrogen-bond acceptors (Lipinski definition) is 2. The smallest absolute Gasteiger partial charge is 0.223 e. The summed E-state index contributed by atoms with van der Waals surface area (Å²) in [6.07, 6.45) is 3.41. The number of carbonyl (C=O) groups excluding carboxylic acids is 2. The molecule has 4 aromatic rings. The van der Waals surface area contributed by atoms with Gasteiger partial charge >= 0.3 is 0 Å². The summed E-state index contributed by atoms with van der Waals surface area (Å²) in [5.41, 5.74) is 9.25. The van der Waals surface area contributed by atoms with Gasteiger partial charge in [-0.15, -0.1) is 0 Å². The Morgan fingerprint density at radius 2 is 1.51 bits per heavy atom. The van der Waals surface area contributed by atoms with E-state index in [1.807, 2.05) is 24.3 Å². The number of benzene rings is 3. The summed E-state index contributed by atoms with van der Waals surface area (Å²) in [6.45, 7) is 1.54. The second-order valence-corrected chi connectivity index (χ2v) is 9.72. The summed E-state index contributed by atoms with van der Waals surface area (Å²) >= 11 is 0. The van der Waals surface area contributed by atoms with Crippen LogP contribution in [0.4, 0.5) is 8.78 Å². The van der Waals surface area contributed by atoms with E-state index in [1.165, 1.54) is 24.3 Å². The van der Waals surface area contributed by atoms with Crippen LogP contribution in [0.1, 0.15) is 41.9 Å². The summed E-state index contributed by atoms with van der Waals surface area (Å²) in [7, 11) is 0. The molecule has 5 rings (SSSR count). The van der Waals surface area contributed by atoms with Crippen LogP contribution in [0.3, 0.4) is 0 Å². The van der Waals surface area contributed by atoms with Crippen molar-refractivity contribution in [3.63, 3.8) is 0 Å². The molecule has 1 aliphatic rings. The highest BCUT2D eigenvalue weighted by Gasteiger charge is 2.29. The van der Waals surface area contributed by atoms with E-state index in [2.05, 4.69) is 10.8 Å². The Morgan fingerprint density at radius 3 is 2.16 bits per heavy atom. The van der Waals surface area contributed by atoms with Crippen LogP contribution in [0.25, 0.3) is 10.9 Å². The second-order valence-electron chi connectivity index (χ2n) is 9.72. The highest BCUT2D eigenvalue weighted by molar-refractivity contribution is 5.87. The number of hydrogen-bond donors (Lipinski definition) is 1. The van der Waals surface area contributed by atoms with Gasteiger partial charge in [-0.1, -0.05) is 42.5 Å². The Bertz CT molecular complexity index is 1410. The molecule has 0 spiro atoms. The molecular weight excluding hydrogens is 472 g/mol. The summed E-state index contributed by atoms with van der Waals surface area (Å²) in [4.78, 5) is 26.8. The zero-order valence-electron chi connectivity index (χ0n) is 20.4. The van der Waals surface area contributed by atoms with Gasteiger partial charge in [0.25, 0.3) is 0 Å². The topological polar surface area (TPSA) is 68.3 Å². The minimum atomic E-state index is -0.332. The van der Waals surface area contributed by atoms with Crippen LogP contribution < -0.4 is 5.73 Å². The maximum atomic E-state index is 13.8. The number of nitrogens with two attached hydrogens (primary N) is 1. The van der Waals surface area contributed by atoms with Crippen molar-refractivity contribution in [1.29, 1.82) is 0 Å². The van der Waals surface area contributed by atoms with E-state index in [0.717, 1.165) is 27.6 Å².